The van der Waals surface area contributed by atoms with E-state index in [4.69, 9.17) is 0 Å². The summed E-state index contributed by atoms with van der Waals surface area (Å²) in [5.74, 6) is 0. The molecule has 98 valence electrons. The van der Waals surface area contributed by atoms with Crippen molar-refractivity contribution in [2.75, 3.05) is 13.1 Å². The van der Waals surface area contributed by atoms with Crippen molar-refractivity contribution in [1.82, 2.24) is 4.90 Å². The molecule has 19 heavy (non-hydrogen) atoms. The topological polar surface area (TPSA) is 23.5 Å². The van der Waals surface area contributed by atoms with Crippen molar-refractivity contribution in [2.24, 2.45) is 0 Å². The third-order valence-corrected chi connectivity index (χ3v) is 4.63. The third-order valence-electron chi connectivity index (χ3n) is 4.63. The molecule has 1 heterocycles. The van der Waals surface area contributed by atoms with Gasteiger partial charge in [-0.2, -0.15) is 0 Å². The minimum atomic E-state index is -0.646. The first-order valence-corrected chi connectivity index (χ1v) is 7.20. The SMILES string of the molecule is OC1(c2ccc3ccccc3c2)CCN(C2CC2)C1. The van der Waals surface area contributed by atoms with E-state index in [0.717, 1.165) is 31.1 Å². The fourth-order valence-electron chi connectivity index (χ4n) is 3.29. The molecule has 2 aromatic rings. The zero-order valence-electron chi connectivity index (χ0n) is 11.0. The average Bonchev–Trinajstić information content (AvgIpc) is 3.22. The molecule has 0 radical (unpaired) electrons. The Labute approximate surface area is 113 Å². The standard InChI is InChI=1S/C17H19NO/c19-17(9-10-18(12-17)16-7-8-16)15-6-5-13-3-1-2-4-14(13)11-15/h1-6,11,16,19H,7-10,12H2. The lowest BCUT2D eigenvalue weighted by atomic mass is 9.91. The number of rotatable bonds is 2. The van der Waals surface area contributed by atoms with E-state index < -0.39 is 5.60 Å². The first-order valence-electron chi connectivity index (χ1n) is 7.20. The molecule has 2 fully saturated rings. The van der Waals surface area contributed by atoms with Crippen LogP contribution in [0, 0.1) is 0 Å². The second kappa shape index (κ2) is 4.06. The van der Waals surface area contributed by atoms with Crippen molar-refractivity contribution in [1.29, 1.82) is 0 Å². The predicted octanol–water partition coefficient (Wildman–Crippen LogP) is 2.90. The first kappa shape index (κ1) is 11.4. The Morgan fingerprint density at radius 2 is 1.84 bits per heavy atom. The largest absolute Gasteiger partial charge is 0.384 e. The van der Waals surface area contributed by atoms with Crippen molar-refractivity contribution in [3.63, 3.8) is 0 Å². The van der Waals surface area contributed by atoms with Gasteiger partial charge in [0.05, 0.1) is 0 Å². The van der Waals surface area contributed by atoms with E-state index in [-0.39, 0.29) is 0 Å². The summed E-state index contributed by atoms with van der Waals surface area (Å²) in [5, 5.41) is 13.4. The molecule has 2 heteroatoms. The third kappa shape index (κ3) is 1.96. The number of hydrogen-bond acceptors (Lipinski definition) is 2. The molecule has 1 aliphatic heterocycles. The highest BCUT2D eigenvalue weighted by molar-refractivity contribution is 5.83. The highest BCUT2D eigenvalue weighted by Crippen LogP contribution is 2.38. The molecule has 1 N–H and O–H groups in total. The van der Waals surface area contributed by atoms with Crippen LogP contribution in [0.5, 0.6) is 0 Å². The number of hydrogen-bond donors (Lipinski definition) is 1. The molecular formula is C17H19NO. The Morgan fingerprint density at radius 1 is 1.05 bits per heavy atom. The number of β-amino-alcohol motifs (C(OH)–C–C–N with tert-alkyl or cyclic N) is 1. The summed E-state index contributed by atoms with van der Waals surface area (Å²) >= 11 is 0. The fourth-order valence-corrected chi connectivity index (χ4v) is 3.29. The Morgan fingerprint density at radius 3 is 2.63 bits per heavy atom. The van der Waals surface area contributed by atoms with Gasteiger partial charge in [0.1, 0.15) is 5.60 Å². The minimum Gasteiger partial charge on any atom is -0.384 e. The van der Waals surface area contributed by atoms with Gasteiger partial charge >= 0.3 is 0 Å². The summed E-state index contributed by atoms with van der Waals surface area (Å²) in [6.07, 6.45) is 3.49. The van der Waals surface area contributed by atoms with Crippen molar-refractivity contribution in [3.05, 3.63) is 48.0 Å². The quantitative estimate of drug-likeness (QED) is 0.889. The highest BCUT2D eigenvalue weighted by Gasteiger charge is 2.42. The van der Waals surface area contributed by atoms with Crippen molar-refractivity contribution in [3.8, 4) is 0 Å². The van der Waals surface area contributed by atoms with Crippen LogP contribution in [0.4, 0.5) is 0 Å². The van der Waals surface area contributed by atoms with Gasteiger partial charge in [-0.15, -0.1) is 0 Å². The lowest BCUT2D eigenvalue weighted by Gasteiger charge is -2.24. The van der Waals surface area contributed by atoms with Crippen LogP contribution in [0.2, 0.25) is 0 Å². The zero-order chi connectivity index (χ0) is 12.9. The number of aliphatic hydroxyl groups is 1. The van der Waals surface area contributed by atoms with E-state index in [1.165, 1.54) is 23.6 Å². The predicted molar refractivity (Wildman–Crippen MR) is 77.1 cm³/mol. The van der Waals surface area contributed by atoms with Crippen molar-refractivity contribution >= 4 is 10.8 Å². The number of nitrogens with zero attached hydrogens (tertiary/aromatic N) is 1. The van der Waals surface area contributed by atoms with Crippen molar-refractivity contribution in [2.45, 2.75) is 30.9 Å². The summed E-state index contributed by atoms with van der Waals surface area (Å²) < 4.78 is 0. The second-order valence-corrected chi connectivity index (χ2v) is 6.05. The summed E-state index contributed by atoms with van der Waals surface area (Å²) in [4.78, 5) is 2.45. The summed E-state index contributed by atoms with van der Waals surface area (Å²) in [5.41, 5.74) is 0.432. The van der Waals surface area contributed by atoms with Gasteiger partial charge in [0.15, 0.2) is 0 Å². The molecule has 1 saturated carbocycles. The van der Waals surface area contributed by atoms with E-state index in [1.807, 2.05) is 0 Å². The molecule has 0 aromatic heterocycles. The molecule has 2 nitrogen and oxygen atoms in total. The van der Waals surface area contributed by atoms with E-state index in [0.29, 0.717) is 0 Å². The summed E-state index contributed by atoms with van der Waals surface area (Å²) in [6, 6.07) is 15.5. The van der Waals surface area contributed by atoms with Crippen LogP contribution in [0.1, 0.15) is 24.8 Å². The smallest absolute Gasteiger partial charge is 0.103 e. The van der Waals surface area contributed by atoms with Crippen LogP contribution in [-0.2, 0) is 5.60 Å². The molecule has 2 aliphatic rings. The Hall–Kier alpha value is -1.38. The summed E-state index contributed by atoms with van der Waals surface area (Å²) in [7, 11) is 0. The fraction of sp³-hybridized carbons (Fsp3) is 0.412. The maximum atomic E-state index is 10.9. The van der Waals surface area contributed by atoms with Gasteiger partial charge in [-0.3, -0.25) is 4.90 Å². The molecule has 0 bridgehead atoms. The van der Waals surface area contributed by atoms with Gasteiger partial charge in [0.2, 0.25) is 0 Å². The molecule has 1 unspecified atom stereocenters. The lowest BCUT2D eigenvalue weighted by Crippen LogP contribution is -2.31. The number of benzene rings is 2. The Balaban J connectivity index is 1.69. The van der Waals surface area contributed by atoms with Crippen LogP contribution in [-0.4, -0.2) is 29.1 Å². The first-order chi connectivity index (χ1) is 9.24. The van der Waals surface area contributed by atoms with Gasteiger partial charge in [-0.25, -0.2) is 0 Å². The maximum absolute atomic E-state index is 10.9. The normalized spacial score (nSPS) is 28.1. The van der Waals surface area contributed by atoms with E-state index >= 15 is 0 Å². The van der Waals surface area contributed by atoms with E-state index in [9.17, 15) is 5.11 Å². The molecule has 1 atom stereocenters. The summed E-state index contributed by atoms with van der Waals surface area (Å²) in [6.45, 7) is 1.84. The molecule has 1 saturated heterocycles. The monoisotopic (exact) mass is 253 g/mol. The van der Waals surface area contributed by atoms with Crippen molar-refractivity contribution < 1.29 is 5.11 Å². The Kier molecular flexibility index (Phi) is 2.44. The van der Waals surface area contributed by atoms with E-state index in [2.05, 4.69) is 47.4 Å². The second-order valence-electron chi connectivity index (χ2n) is 6.05. The number of fused-ring (bicyclic) bond motifs is 1. The maximum Gasteiger partial charge on any atom is 0.103 e. The average molecular weight is 253 g/mol. The van der Waals surface area contributed by atoms with E-state index in [1.54, 1.807) is 0 Å². The van der Waals surface area contributed by atoms with Gasteiger partial charge < -0.3 is 5.11 Å². The number of likely N-dealkylation sites (tertiary alicyclic amines) is 1. The zero-order valence-corrected chi connectivity index (χ0v) is 11.0. The minimum absolute atomic E-state index is 0.646. The van der Waals surface area contributed by atoms with Gasteiger partial charge in [-0.05, 0) is 41.7 Å². The molecule has 0 amide bonds. The van der Waals surface area contributed by atoms with Crippen LogP contribution in [0.3, 0.4) is 0 Å². The van der Waals surface area contributed by atoms with Crippen LogP contribution < -0.4 is 0 Å². The van der Waals surface area contributed by atoms with Crippen LogP contribution >= 0.6 is 0 Å². The lowest BCUT2D eigenvalue weighted by molar-refractivity contribution is 0.0453. The molecule has 1 aliphatic carbocycles. The molecule has 0 spiro atoms. The van der Waals surface area contributed by atoms with Gasteiger partial charge in [0.25, 0.3) is 0 Å². The molecular weight excluding hydrogens is 234 g/mol. The molecule has 4 rings (SSSR count). The highest BCUT2D eigenvalue weighted by atomic mass is 16.3. The molecule has 2 aromatic carbocycles. The Bertz CT molecular complexity index is 619. The van der Waals surface area contributed by atoms with Crippen LogP contribution in [0.15, 0.2) is 42.5 Å². The van der Waals surface area contributed by atoms with Gasteiger partial charge in [0, 0.05) is 19.1 Å². The van der Waals surface area contributed by atoms with Crippen LogP contribution in [0.25, 0.3) is 10.8 Å². The van der Waals surface area contributed by atoms with Gasteiger partial charge in [-0.1, -0.05) is 36.4 Å².